The molecule has 1 fully saturated rings. The van der Waals surface area contributed by atoms with Crippen LogP contribution in [-0.2, 0) is 19.1 Å². The highest BCUT2D eigenvalue weighted by Gasteiger charge is 2.33. The zero-order chi connectivity index (χ0) is 17.7. The highest BCUT2D eigenvalue weighted by atomic mass is 16.5. The fourth-order valence-corrected chi connectivity index (χ4v) is 2.69. The van der Waals surface area contributed by atoms with Crippen LogP contribution in [0.15, 0.2) is 24.3 Å². The highest BCUT2D eigenvalue weighted by Crippen LogP contribution is 2.20. The number of ether oxygens (including phenoxy) is 1. The van der Waals surface area contributed by atoms with Gasteiger partial charge in [-0.25, -0.2) is 4.79 Å². The van der Waals surface area contributed by atoms with Crippen molar-refractivity contribution in [1.29, 1.82) is 0 Å². The smallest absolute Gasteiger partial charge is 0.328 e. The van der Waals surface area contributed by atoms with Gasteiger partial charge in [0, 0.05) is 13.5 Å². The van der Waals surface area contributed by atoms with Crippen LogP contribution in [0.4, 0.5) is 0 Å². The predicted octanol–water partition coefficient (Wildman–Crippen LogP) is 0.874. The maximum atomic E-state index is 12.6. The summed E-state index contributed by atoms with van der Waals surface area (Å²) in [6.07, 6.45) is 0.00637. The van der Waals surface area contributed by atoms with Gasteiger partial charge in [-0.05, 0) is 12.5 Å². The van der Waals surface area contributed by atoms with Crippen LogP contribution in [0.5, 0.6) is 0 Å². The fourth-order valence-electron chi connectivity index (χ4n) is 2.69. The van der Waals surface area contributed by atoms with Crippen LogP contribution < -0.4 is 5.32 Å². The monoisotopic (exact) mass is 334 g/mol. The summed E-state index contributed by atoms with van der Waals surface area (Å²) in [6, 6.07) is 6.05. The van der Waals surface area contributed by atoms with Crippen molar-refractivity contribution in [2.45, 2.75) is 32.4 Å². The van der Waals surface area contributed by atoms with E-state index < -0.39 is 18.1 Å². The minimum atomic E-state index is -1.09. The van der Waals surface area contributed by atoms with Gasteiger partial charge < -0.3 is 20.1 Å². The zero-order valence-corrected chi connectivity index (χ0v) is 13.8. The molecule has 2 amide bonds. The summed E-state index contributed by atoms with van der Waals surface area (Å²) in [5.74, 6) is -1.65. The summed E-state index contributed by atoms with van der Waals surface area (Å²) in [5, 5.41) is 12.0. The number of morpholine rings is 1. The molecule has 0 saturated carbocycles. The molecule has 0 radical (unpaired) electrons. The van der Waals surface area contributed by atoms with Crippen molar-refractivity contribution in [3.63, 3.8) is 0 Å². The average Bonchev–Trinajstić information content (AvgIpc) is 2.54. The Labute approximate surface area is 140 Å². The number of amides is 2. The Bertz CT molecular complexity index is 614. The molecule has 2 atom stereocenters. The molecular weight excluding hydrogens is 312 g/mol. The number of hydrogen-bond acceptors (Lipinski definition) is 4. The van der Waals surface area contributed by atoms with Gasteiger partial charge in [0.25, 0.3) is 0 Å². The standard InChI is InChI=1S/C17H22N2O5/c1-11-3-5-13(6-4-11)14(18-12(2)20)9-16(21)19-7-8-24-10-15(19)17(22)23/h3-6,14-15H,7-10H2,1-2H3,(H,18,20)(H,22,23)/t14-,15-/m0/s1. The molecule has 7 nitrogen and oxygen atoms in total. The van der Waals surface area contributed by atoms with Crippen molar-refractivity contribution in [2.24, 2.45) is 0 Å². The summed E-state index contributed by atoms with van der Waals surface area (Å²) < 4.78 is 5.15. The summed E-state index contributed by atoms with van der Waals surface area (Å²) >= 11 is 0. The third-order valence-corrected chi connectivity index (χ3v) is 3.97. The van der Waals surface area contributed by atoms with Crippen LogP contribution in [0.2, 0.25) is 0 Å². The maximum absolute atomic E-state index is 12.6. The van der Waals surface area contributed by atoms with Crippen LogP contribution in [0.1, 0.15) is 30.5 Å². The van der Waals surface area contributed by atoms with Crippen molar-refractivity contribution in [2.75, 3.05) is 19.8 Å². The van der Waals surface area contributed by atoms with Crippen LogP contribution in [0.25, 0.3) is 0 Å². The third-order valence-electron chi connectivity index (χ3n) is 3.97. The van der Waals surface area contributed by atoms with E-state index in [-0.39, 0.29) is 31.4 Å². The van der Waals surface area contributed by atoms with Gasteiger partial charge in [0.15, 0.2) is 6.04 Å². The van der Waals surface area contributed by atoms with E-state index in [9.17, 15) is 19.5 Å². The Balaban J connectivity index is 2.15. The minimum absolute atomic E-state index is 0.00637. The molecule has 24 heavy (non-hydrogen) atoms. The summed E-state index contributed by atoms with van der Waals surface area (Å²) in [4.78, 5) is 36.7. The quantitative estimate of drug-likeness (QED) is 0.833. The lowest BCUT2D eigenvalue weighted by Crippen LogP contribution is -2.53. The van der Waals surface area contributed by atoms with Crippen molar-refractivity contribution >= 4 is 17.8 Å². The Morgan fingerprint density at radius 1 is 1.33 bits per heavy atom. The number of nitrogens with zero attached hydrogens (tertiary/aromatic N) is 1. The lowest BCUT2D eigenvalue weighted by molar-refractivity contribution is -0.158. The summed E-state index contributed by atoms with van der Waals surface area (Å²) in [6.45, 7) is 3.87. The second-order valence-electron chi connectivity index (χ2n) is 5.88. The van der Waals surface area contributed by atoms with Crippen molar-refractivity contribution < 1.29 is 24.2 Å². The summed E-state index contributed by atoms with van der Waals surface area (Å²) in [7, 11) is 0. The molecule has 1 heterocycles. The van der Waals surface area contributed by atoms with E-state index in [0.717, 1.165) is 11.1 Å². The van der Waals surface area contributed by atoms with Crippen molar-refractivity contribution in [3.8, 4) is 0 Å². The number of aryl methyl sites for hydroxylation is 1. The Kier molecular flexibility index (Phi) is 5.92. The van der Waals surface area contributed by atoms with E-state index in [1.807, 2.05) is 31.2 Å². The van der Waals surface area contributed by atoms with E-state index >= 15 is 0 Å². The van der Waals surface area contributed by atoms with Crippen LogP contribution >= 0.6 is 0 Å². The number of carbonyl (C=O) groups excluding carboxylic acids is 2. The van der Waals surface area contributed by atoms with E-state index in [4.69, 9.17) is 4.74 Å². The van der Waals surface area contributed by atoms with Crippen LogP contribution in [0.3, 0.4) is 0 Å². The largest absolute Gasteiger partial charge is 0.480 e. The molecular formula is C17H22N2O5. The highest BCUT2D eigenvalue weighted by molar-refractivity contribution is 5.85. The molecule has 2 rings (SSSR count). The molecule has 0 spiro atoms. The number of aliphatic carboxylic acids is 1. The first-order valence-electron chi connectivity index (χ1n) is 7.82. The van der Waals surface area contributed by atoms with E-state index in [1.54, 1.807) is 0 Å². The van der Waals surface area contributed by atoms with E-state index in [0.29, 0.717) is 6.61 Å². The van der Waals surface area contributed by atoms with Gasteiger partial charge in [0.2, 0.25) is 11.8 Å². The lowest BCUT2D eigenvalue weighted by Gasteiger charge is -2.34. The van der Waals surface area contributed by atoms with Gasteiger partial charge in [-0.15, -0.1) is 0 Å². The lowest BCUT2D eigenvalue weighted by atomic mass is 10.0. The average molecular weight is 334 g/mol. The Hall–Kier alpha value is -2.41. The molecule has 0 aromatic heterocycles. The van der Waals surface area contributed by atoms with E-state index in [1.165, 1.54) is 11.8 Å². The molecule has 130 valence electrons. The molecule has 1 aromatic rings. The van der Waals surface area contributed by atoms with Gasteiger partial charge in [-0.2, -0.15) is 0 Å². The Morgan fingerprint density at radius 2 is 2.00 bits per heavy atom. The zero-order valence-electron chi connectivity index (χ0n) is 13.8. The maximum Gasteiger partial charge on any atom is 0.328 e. The van der Waals surface area contributed by atoms with Crippen molar-refractivity contribution in [1.82, 2.24) is 10.2 Å². The first kappa shape index (κ1) is 17.9. The van der Waals surface area contributed by atoms with Gasteiger partial charge in [-0.1, -0.05) is 29.8 Å². The molecule has 0 bridgehead atoms. The Morgan fingerprint density at radius 3 is 2.58 bits per heavy atom. The number of carboxylic acids is 1. The number of hydrogen-bond donors (Lipinski definition) is 2. The predicted molar refractivity (Wildman–Crippen MR) is 86.3 cm³/mol. The van der Waals surface area contributed by atoms with Gasteiger partial charge in [0.05, 0.1) is 25.7 Å². The number of nitrogens with one attached hydrogen (secondary N) is 1. The van der Waals surface area contributed by atoms with Crippen LogP contribution in [-0.4, -0.2) is 53.6 Å². The molecule has 2 N–H and O–H groups in total. The minimum Gasteiger partial charge on any atom is -0.480 e. The fraction of sp³-hybridized carbons (Fsp3) is 0.471. The summed E-state index contributed by atoms with van der Waals surface area (Å²) in [5.41, 5.74) is 1.88. The molecule has 7 heteroatoms. The second-order valence-corrected chi connectivity index (χ2v) is 5.88. The number of benzene rings is 1. The first-order chi connectivity index (χ1) is 11.4. The molecule has 1 aromatic carbocycles. The van der Waals surface area contributed by atoms with Crippen molar-refractivity contribution in [3.05, 3.63) is 35.4 Å². The molecule has 1 aliphatic heterocycles. The third kappa shape index (κ3) is 4.55. The number of carbonyl (C=O) groups is 3. The number of carboxylic acid groups (broad SMARTS) is 1. The molecule has 1 aliphatic rings. The first-order valence-corrected chi connectivity index (χ1v) is 7.82. The number of rotatable bonds is 5. The normalized spacial score (nSPS) is 18.8. The van der Waals surface area contributed by atoms with Gasteiger partial charge in [-0.3, -0.25) is 9.59 Å². The molecule has 0 aliphatic carbocycles. The molecule has 1 saturated heterocycles. The van der Waals surface area contributed by atoms with E-state index in [2.05, 4.69) is 5.32 Å². The van der Waals surface area contributed by atoms with Gasteiger partial charge >= 0.3 is 5.97 Å². The van der Waals surface area contributed by atoms with Gasteiger partial charge in [0.1, 0.15) is 0 Å². The second kappa shape index (κ2) is 7.92. The SMILES string of the molecule is CC(=O)N[C@@H](CC(=O)N1CCOC[C@H]1C(=O)O)c1ccc(C)cc1. The molecule has 0 unspecified atom stereocenters. The van der Waals surface area contributed by atoms with Crippen LogP contribution in [0, 0.1) is 6.92 Å². The topological polar surface area (TPSA) is 95.9 Å².